The lowest BCUT2D eigenvalue weighted by atomic mass is 10.2. The van der Waals surface area contributed by atoms with Crippen molar-refractivity contribution in [3.63, 3.8) is 0 Å². The molecule has 0 saturated heterocycles. The number of thiocarbonyl (C=S) groups is 1. The Hall–Kier alpha value is -0.600. The van der Waals surface area contributed by atoms with Gasteiger partial charge in [-0.2, -0.15) is 0 Å². The quantitative estimate of drug-likeness (QED) is 0.550. The summed E-state index contributed by atoms with van der Waals surface area (Å²) in [6, 6.07) is 8.29. The molecule has 0 atom stereocenters. The first-order valence-corrected chi connectivity index (χ1v) is 5.48. The summed E-state index contributed by atoms with van der Waals surface area (Å²) in [7, 11) is 0. The van der Waals surface area contributed by atoms with Crippen molar-refractivity contribution in [1.29, 1.82) is 0 Å². The van der Waals surface area contributed by atoms with E-state index in [0.717, 1.165) is 15.5 Å². The van der Waals surface area contributed by atoms with E-state index in [2.05, 4.69) is 37.8 Å². The Morgan fingerprint density at radius 3 is 2.62 bits per heavy atom. The lowest BCUT2D eigenvalue weighted by Crippen LogP contribution is -1.91. The van der Waals surface area contributed by atoms with Gasteiger partial charge in [0.2, 0.25) is 0 Å². The van der Waals surface area contributed by atoms with E-state index in [1.54, 1.807) is 11.8 Å². The molecule has 0 N–H and O–H groups in total. The fourth-order valence-corrected chi connectivity index (χ4v) is 1.82. The van der Waals surface area contributed by atoms with Gasteiger partial charge in [0.1, 0.15) is 0 Å². The van der Waals surface area contributed by atoms with Gasteiger partial charge in [-0.1, -0.05) is 48.1 Å². The van der Waals surface area contributed by atoms with E-state index in [9.17, 15) is 0 Å². The Labute approximate surface area is 89.0 Å². The number of hydrogen-bond donors (Lipinski definition) is 0. The molecule has 1 aromatic rings. The van der Waals surface area contributed by atoms with Crippen LogP contribution in [0.25, 0.3) is 0 Å². The van der Waals surface area contributed by atoms with Crippen LogP contribution in [-0.4, -0.2) is 9.95 Å². The molecular formula is C11H12S2. The van der Waals surface area contributed by atoms with Crippen molar-refractivity contribution < 1.29 is 0 Å². The monoisotopic (exact) mass is 208 g/mol. The molecule has 1 aromatic carbocycles. The second-order valence-corrected chi connectivity index (χ2v) is 4.45. The highest BCUT2D eigenvalue weighted by atomic mass is 32.2. The zero-order chi connectivity index (χ0) is 9.68. The van der Waals surface area contributed by atoms with Crippen LogP contribution in [0.15, 0.2) is 36.9 Å². The van der Waals surface area contributed by atoms with E-state index in [4.69, 9.17) is 12.2 Å². The summed E-state index contributed by atoms with van der Waals surface area (Å²) in [6.45, 7) is 5.73. The van der Waals surface area contributed by atoms with Gasteiger partial charge in [0.05, 0.1) is 4.20 Å². The van der Waals surface area contributed by atoms with Crippen LogP contribution in [0.4, 0.5) is 0 Å². The summed E-state index contributed by atoms with van der Waals surface area (Å²) in [5.74, 6) is 0.882. The van der Waals surface area contributed by atoms with E-state index in [0.29, 0.717) is 0 Å². The Bertz CT molecular complexity index is 298. The summed E-state index contributed by atoms with van der Waals surface area (Å²) in [5, 5.41) is 0. The molecule has 0 amide bonds. The van der Waals surface area contributed by atoms with Gasteiger partial charge in [0.15, 0.2) is 0 Å². The van der Waals surface area contributed by atoms with Gasteiger partial charge < -0.3 is 0 Å². The summed E-state index contributed by atoms with van der Waals surface area (Å²) >= 11 is 6.89. The maximum atomic E-state index is 5.24. The van der Waals surface area contributed by atoms with Crippen LogP contribution in [0.1, 0.15) is 11.1 Å². The summed E-state index contributed by atoms with van der Waals surface area (Å²) in [6.07, 6.45) is 1.87. The maximum absolute atomic E-state index is 5.24. The lowest BCUT2D eigenvalue weighted by molar-refractivity contribution is 1.47. The van der Waals surface area contributed by atoms with Gasteiger partial charge in [-0.3, -0.25) is 0 Å². The average molecular weight is 208 g/mol. The SMILES string of the molecule is C=CCSC(=S)c1ccc(C)cc1. The molecule has 0 aliphatic rings. The molecule has 0 fully saturated rings. The van der Waals surface area contributed by atoms with Crippen molar-refractivity contribution in [3.05, 3.63) is 48.0 Å². The maximum Gasteiger partial charge on any atom is 0.0781 e. The third kappa shape index (κ3) is 3.33. The summed E-state index contributed by atoms with van der Waals surface area (Å²) in [4.78, 5) is 0. The number of thioether (sulfide) groups is 1. The Balaban J connectivity index is 2.66. The van der Waals surface area contributed by atoms with Crippen LogP contribution in [0, 0.1) is 6.92 Å². The fraction of sp³-hybridized carbons (Fsp3) is 0.182. The molecule has 68 valence electrons. The third-order valence-corrected chi connectivity index (χ3v) is 3.11. The van der Waals surface area contributed by atoms with E-state index in [1.807, 2.05) is 6.08 Å². The van der Waals surface area contributed by atoms with Gasteiger partial charge >= 0.3 is 0 Å². The second-order valence-electron chi connectivity index (χ2n) is 2.75. The number of benzene rings is 1. The third-order valence-electron chi connectivity index (χ3n) is 1.62. The van der Waals surface area contributed by atoms with Gasteiger partial charge in [-0.05, 0) is 12.5 Å². The van der Waals surface area contributed by atoms with Crippen molar-refractivity contribution >= 4 is 28.2 Å². The highest BCUT2D eigenvalue weighted by molar-refractivity contribution is 8.23. The minimum absolute atomic E-state index is 0.882. The second kappa shape index (κ2) is 5.20. The van der Waals surface area contributed by atoms with Crippen LogP contribution >= 0.6 is 24.0 Å². The van der Waals surface area contributed by atoms with Crippen molar-refractivity contribution in [2.45, 2.75) is 6.92 Å². The molecule has 2 heteroatoms. The number of hydrogen-bond acceptors (Lipinski definition) is 2. The molecule has 0 saturated carbocycles. The summed E-state index contributed by atoms with van der Waals surface area (Å²) in [5.41, 5.74) is 2.40. The normalized spacial score (nSPS) is 9.62. The molecule has 0 aliphatic heterocycles. The Morgan fingerprint density at radius 1 is 1.46 bits per heavy atom. The molecule has 1 rings (SSSR count). The van der Waals surface area contributed by atoms with Gasteiger partial charge in [-0.15, -0.1) is 18.3 Å². The molecule has 13 heavy (non-hydrogen) atoms. The lowest BCUT2D eigenvalue weighted by Gasteiger charge is -2.01. The van der Waals surface area contributed by atoms with E-state index >= 15 is 0 Å². The van der Waals surface area contributed by atoms with Crippen molar-refractivity contribution in [3.8, 4) is 0 Å². The first-order valence-electron chi connectivity index (χ1n) is 4.08. The highest BCUT2D eigenvalue weighted by Crippen LogP contribution is 2.14. The van der Waals surface area contributed by atoms with Gasteiger partial charge in [-0.25, -0.2) is 0 Å². The number of aryl methyl sites for hydroxylation is 1. The Morgan fingerprint density at radius 2 is 2.08 bits per heavy atom. The predicted octanol–water partition coefficient (Wildman–Crippen LogP) is 3.59. The topological polar surface area (TPSA) is 0 Å². The standard InChI is InChI=1S/C11H12S2/c1-3-8-13-11(12)10-6-4-9(2)5-7-10/h3-7H,1,8H2,2H3. The molecule has 0 spiro atoms. The van der Waals surface area contributed by atoms with E-state index < -0.39 is 0 Å². The van der Waals surface area contributed by atoms with Crippen LogP contribution in [-0.2, 0) is 0 Å². The average Bonchev–Trinajstić information content (AvgIpc) is 2.15. The minimum Gasteiger partial charge on any atom is -0.110 e. The van der Waals surface area contributed by atoms with E-state index in [1.165, 1.54) is 5.56 Å². The zero-order valence-electron chi connectivity index (χ0n) is 7.62. The van der Waals surface area contributed by atoms with Crippen LogP contribution in [0.3, 0.4) is 0 Å². The molecule has 0 aromatic heterocycles. The molecular weight excluding hydrogens is 196 g/mol. The van der Waals surface area contributed by atoms with Crippen LogP contribution < -0.4 is 0 Å². The highest BCUT2D eigenvalue weighted by Gasteiger charge is 1.99. The molecule has 0 unspecified atom stereocenters. The van der Waals surface area contributed by atoms with E-state index in [-0.39, 0.29) is 0 Å². The first-order chi connectivity index (χ1) is 6.24. The Kier molecular flexibility index (Phi) is 4.19. The van der Waals surface area contributed by atoms with Gasteiger partial charge in [0.25, 0.3) is 0 Å². The fourth-order valence-electron chi connectivity index (χ4n) is 0.908. The zero-order valence-corrected chi connectivity index (χ0v) is 9.25. The van der Waals surface area contributed by atoms with Crippen molar-refractivity contribution in [2.24, 2.45) is 0 Å². The molecule has 0 aliphatic carbocycles. The minimum atomic E-state index is 0.882. The van der Waals surface area contributed by atoms with Crippen molar-refractivity contribution in [1.82, 2.24) is 0 Å². The van der Waals surface area contributed by atoms with Crippen molar-refractivity contribution in [2.75, 3.05) is 5.75 Å². The van der Waals surface area contributed by atoms with Crippen LogP contribution in [0.5, 0.6) is 0 Å². The molecule has 0 heterocycles. The van der Waals surface area contributed by atoms with Crippen LogP contribution in [0.2, 0.25) is 0 Å². The van der Waals surface area contributed by atoms with Gasteiger partial charge in [0, 0.05) is 5.75 Å². The summed E-state index contributed by atoms with van der Waals surface area (Å²) < 4.78 is 0.944. The first kappa shape index (κ1) is 10.5. The predicted molar refractivity (Wildman–Crippen MR) is 65.5 cm³/mol. The molecule has 0 bridgehead atoms. The molecule has 0 nitrogen and oxygen atoms in total. The number of rotatable bonds is 3. The molecule has 0 radical (unpaired) electrons. The largest absolute Gasteiger partial charge is 0.110 e. The smallest absolute Gasteiger partial charge is 0.0781 e.